The van der Waals surface area contributed by atoms with Crippen molar-refractivity contribution >= 4 is 0 Å². The van der Waals surface area contributed by atoms with Crippen LogP contribution in [0.15, 0.2) is 31.1 Å². The molecule has 0 bridgehead atoms. The molecule has 0 unspecified atom stereocenters. The van der Waals surface area contributed by atoms with Gasteiger partial charge in [0.1, 0.15) is 12.4 Å². The summed E-state index contributed by atoms with van der Waals surface area (Å²) in [4.78, 5) is 6.63. The molecule has 0 saturated heterocycles. The molecule has 2 heterocycles. The molecule has 0 spiro atoms. The molecule has 0 aliphatic carbocycles. The van der Waals surface area contributed by atoms with E-state index in [4.69, 9.17) is 0 Å². The van der Waals surface area contributed by atoms with E-state index < -0.39 is 12.0 Å². The highest BCUT2D eigenvalue weighted by Gasteiger charge is 2.34. The molecule has 0 atom stereocenters. The summed E-state index contributed by atoms with van der Waals surface area (Å²) in [6.45, 7) is 4.02. The number of rotatable bonds is 2. The SMILES string of the molecule is CC(C)[n+]1ccn(-c2cnc(C(F)(F)F)nc2)c1. The van der Waals surface area contributed by atoms with Gasteiger partial charge in [-0.25, -0.2) is 14.5 Å². The third-order valence-electron chi connectivity index (χ3n) is 2.44. The lowest BCUT2D eigenvalue weighted by Crippen LogP contribution is -2.33. The fraction of sp³-hybridized carbons (Fsp3) is 0.364. The molecule has 0 aliphatic rings. The summed E-state index contributed by atoms with van der Waals surface area (Å²) in [5, 5.41) is 0. The van der Waals surface area contributed by atoms with Crippen LogP contribution in [0, 0.1) is 0 Å². The molecule has 0 aromatic carbocycles. The molecule has 96 valence electrons. The lowest BCUT2D eigenvalue weighted by atomic mass is 10.4. The second-order valence-electron chi connectivity index (χ2n) is 4.12. The fourth-order valence-corrected chi connectivity index (χ4v) is 1.43. The average molecular weight is 257 g/mol. The lowest BCUT2D eigenvalue weighted by molar-refractivity contribution is -0.715. The van der Waals surface area contributed by atoms with Crippen LogP contribution in [0.25, 0.3) is 5.69 Å². The molecule has 2 rings (SSSR count). The molecule has 0 radical (unpaired) electrons. The Bertz CT molecular complexity index is 528. The quantitative estimate of drug-likeness (QED) is 0.773. The molecule has 0 fully saturated rings. The second-order valence-corrected chi connectivity index (χ2v) is 4.12. The van der Waals surface area contributed by atoms with E-state index in [1.165, 1.54) is 0 Å². The summed E-state index contributed by atoms with van der Waals surface area (Å²) in [6.07, 6.45) is 3.15. The first-order valence-electron chi connectivity index (χ1n) is 5.36. The number of alkyl halides is 3. The van der Waals surface area contributed by atoms with Crippen molar-refractivity contribution < 1.29 is 17.7 Å². The van der Waals surface area contributed by atoms with Crippen molar-refractivity contribution in [1.82, 2.24) is 14.5 Å². The molecule has 2 aromatic rings. The van der Waals surface area contributed by atoms with Crippen molar-refractivity contribution in [2.75, 3.05) is 0 Å². The zero-order valence-electron chi connectivity index (χ0n) is 9.89. The van der Waals surface area contributed by atoms with Gasteiger partial charge in [0.25, 0.3) is 0 Å². The predicted octanol–water partition coefficient (Wildman–Crippen LogP) is 2.15. The fourth-order valence-electron chi connectivity index (χ4n) is 1.43. The smallest absolute Gasteiger partial charge is 0.234 e. The number of nitrogens with zero attached hydrogens (tertiary/aromatic N) is 4. The van der Waals surface area contributed by atoms with Crippen LogP contribution in [0.1, 0.15) is 25.7 Å². The van der Waals surface area contributed by atoms with E-state index in [0.717, 1.165) is 12.4 Å². The van der Waals surface area contributed by atoms with Gasteiger partial charge >= 0.3 is 6.18 Å². The van der Waals surface area contributed by atoms with Crippen molar-refractivity contribution in [2.45, 2.75) is 26.1 Å². The van der Waals surface area contributed by atoms with Gasteiger partial charge in [-0.3, -0.25) is 0 Å². The Morgan fingerprint density at radius 2 is 1.83 bits per heavy atom. The van der Waals surface area contributed by atoms with Gasteiger partial charge in [0, 0.05) is 0 Å². The summed E-state index contributed by atoms with van der Waals surface area (Å²) in [5.74, 6) is -1.13. The van der Waals surface area contributed by atoms with Crippen LogP contribution in [-0.2, 0) is 6.18 Å². The van der Waals surface area contributed by atoms with Crippen LogP contribution < -0.4 is 4.57 Å². The molecule has 0 aliphatic heterocycles. The van der Waals surface area contributed by atoms with Crippen LogP contribution >= 0.6 is 0 Å². The van der Waals surface area contributed by atoms with Gasteiger partial charge in [-0.15, -0.1) is 0 Å². The molecule has 4 nitrogen and oxygen atoms in total. The number of imidazole rings is 1. The van der Waals surface area contributed by atoms with E-state index >= 15 is 0 Å². The number of hydrogen-bond acceptors (Lipinski definition) is 2. The monoisotopic (exact) mass is 257 g/mol. The molecular formula is C11H12F3N4+. The molecule has 0 amide bonds. The van der Waals surface area contributed by atoms with Crippen molar-refractivity contribution in [1.29, 1.82) is 0 Å². The number of hydrogen-bond donors (Lipinski definition) is 0. The summed E-state index contributed by atoms with van der Waals surface area (Å²) in [5.41, 5.74) is 0.488. The first-order valence-corrected chi connectivity index (χ1v) is 5.36. The topological polar surface area (TPSA) is 34.6 Å². The Labute approximate surface area is 102 Å². The summed E-state index contributed by atoms with van der Waals surface area (Å²) < 4.78 is 40.5. The summed E-state index contributed by atoms with van der Waals surface area (Å²) in [7, 11) is 0. The molecule has 0 saturated carbocycles. The summed E-state index contributed by atoms with van der Waals surface area (Å²) in [6, 6.07) is 0.279. The highest BCUT2D eigenvalue weighted by atomic mass is 19.4. The third kappa shape index (κ3) is 2.49. The van der Waals surface area contributed by atoms with Crippen LogP contribution in [0.3, 0.4) is 0 Å². The Morgan fingerprint density at radius 3 is 2.28 bits per heavy atom. The first-order chi connectivity index (χ1) is 8.38. The van der Waals surface area contributed by atoms with Crippen molar-refractivity contribution in [2.24, 2.45) is 0 Å². The zero-order valence-corrected chi connectivity index (χ0v) is 9.89. The maximum Gasteiger partial charge on any atom is 0.451 e. The minimum atomic E-state index is -4.51. The van der Waals surface area contributed by atoms with E-state index in [2.05, 4.69) is 9.97 Å². The van der Waals surface area contributed by atoms with Gasteiger partial charge in [-0.2, -0.15) is 17.7 Å². The molecule has 0 N–H and O–H groups in total. The van der Waals surface area contributed by atoms with Crippen molar-refractivity contribution in [3.05, 3.63) is 36.9 Å². The Kier molecular flexibility index (Phi) is 3.06. The van der Waals surface area contributed by atoms with Crippen LogP contribution in [0.4, 0.5) is 13.2 Å². The van der Waals surface area contributed by atoms with Gasteiger partial charge in [-0.05, 0) is 13.8 Å². The molecule has 7 heteroatoms. The average Bonchev–Trinajstić information content (AvgIpc) is 2.77. The minimum Gasteiger partial charge on any atom is -0.234 e. The second kappa shape index (κ2) is 4.40. The Morgan fingerprint density at radius 1 is 1.22 bits per heavy atom. The Balaban J connectivity index is 2.29. The van der Waals surface area contributed by atoms with E-state index in [-0.39, 0.29) is 6.04 Å². The zero-order chi connectivity index (χ0) is 13.3. The van der Waals surface area contributed by atoms with Crippen molar-refractivity contribution in [3.8, 4) is 5.69 Å². The highest BCUT2D eigenvalue weighted by molar-refractivity contribution is 5.24. The van der Waals surface area contributed by atoms with E-state index in [9.17, 15) is 13.2 Å². The number of halogens is 3. The first kappa shape index (κ1) is 12.5. The predicted molar refractivity (Wildman–Crippen MR) is 56.9 cm³/mol. The van der Waals surface area contributed by atoms with Gasteiger partial charge in [0.15, 0.2) is 5.69 Å². The third-order valence-corrected chi connectivity index (χ3v) is 2.44. The minimum absolute atomic E-state index is 0.279. The molecule has 18 heavy (non-hydrogen) atoms. The lowest BCUT2D eigenvalue weighted by Gasteiger charge is -2.03. The van der Waals surface area contributed by atoms with Gasteiger partial charge < -0.3 is 0 Å². The van der Waals surface area contributed by atoms with Crippen LogP contribution in [0.5, 0.6) is 0 Å². The van der Waals surface area contributed by atoms with Crippen LogP contribution in [-0.4, -0.2) is 14.5 Å². The summed E-state index contributed by atoms with van der Waals surface area (Å²) >= 11 is 0. The standard InChI is InChI=1S/C11H12F3N4/c1-8(2)17-3-4-18(7-17)9-5-15-10(16-6-9)11(12,13)14/h3-8H,1-2H3/q+1. The van der Waals surface area contributed by atoms with Gasteiger partial charge in [0.2, 0.25) is 12.2 Å². The number of aromatic nitrogens is 4. The van der Waals surface area contributed by atoms with Crippen LogP contribution in [0.2, 0.25) is 0 Å². The highest BCUT2D eigenvalue weighted by Crippen LogP contribution is 2.25. The van der Waals surface area contributed by atoms with Crippen molar-refractivity contribution in [3.63, 3.8) is 0 Å². The normalized spacial score (nSPS) is 12.1. The molecular weight excluding hydrogens is 245 g/mol. The van der Waals surface area contributed by atoms with E-state index in [1.54, 1.807) is 17.1 Å². The van der Waals surface area contributed by atoms with E-state index in [1.807, 2.05) is 24.6 Å². The molecule has 2 aromatic heterocycles. The van der Waals surface area contributed by atoms with Gasteiger partial charge in [0.05, 0.1) is 18.4 Å². The van der Waals surface area contributed by atoms with Gasteiger partial charge in [-0.1, -0.05) is 0 Å². The maximum absolute atomic E-state index is 12.3. The Hall–Kier alpha value is -1.92. The van der Waals surface area contributed by atoms with E-state index in [0.29, 0.717) is 5.69 Å². The maximum atomic E-state index is 12.3. The largest absolute Gasteiger partial charge is 0.451 e.